The van der Waals surface area contributed by atoms with E-state index in [2.05, 4.69) is 5.32 Å². The van der Waals surface area contributed by atoms with E-state index in [1.54, 1.807) is 36.4 Å². The highest BCUT2D eigenvalue weighted by Gasteiger charge is 2.11. The van der Waals surface area contributed by atoms with Gasteiger partial charge in [0.15, 0.2) is 0 Å². The molecule has 5 heteroatoms. The average molecular weight is 288 g/mol. The Morgan fingerprint density at radius 3 is 2.71 bits per heavy atom. The molecule has 2 aromatic carbocycles. The van der Waals surface area contributed by atoms with Crippen LogP contribution < -0.4 is 15.8 Å². The van der Waals surface area contributed by atoms with Gasteiger partial charge in [0.1, 0.15) is 11.6 Å². The van der Waals surface area contributed by atoms with Gasteiger partial charge in [-0.2, -0.15) is 0 Å². The summed E-state index contributed by atoms with van der Waals surface area (Å²) in [5.41, 5.74) is 7.35. The lowest BCUT2D eigenvalue weighted by molar-refractivity contribution is -0.115. The Balaban J connectivity index is 2.11. The van der Waals surface area contributed by atoms with Crippen molar-refractivity contribution in [2.75, 3.05) is 12.4 Å². The van der Waals surface area contributed by atoms with Crippen LogP contribution in [0.15, 0.2) is 42.5 Å². The number of carbonyl (C=O) groups excluding carboxylic acids is 1. The number of carbonyl (C=O) groups is 1. The van der Waals surface area contributed by atoms with Crippen molar-refractivity contribution in [2.45, 2.75) is 13.0 Å². The van der Waals surface area contributed by atoms with E-state index in [9.17, 15) is 9.18 Å². The fraction of sp³-hybridized carbons (Fsp3) is 0.188. The summed E-state index contributed by atoms with van der Waals surface area (Å²) in [6, 6.07) is 11.5. The Kier molecular flexibility index (Phi) is 4.90. The zero-order valence-electron chi connectivity index (χ0n) is 11.7. The van der Waals surface area contributed by atoms with E-state index < -0.39 is 5.82 Å². The first-order valence-electron chi connectivity index (χ1n) is 6.54. The summed E-state index contributed by atoms with van der Waals surface area (Å²) in [6.45, 7) is 0.389. The number of hydrogen-bond acceptors (Lipinski definition) is 3. The molecule has 1 amide bonds. The fourth-order valence-electron chi connectivity index (χ4n) is 1.98. The quantitative estimate of drug-likeness (QED) is 0.888. The van der Waals surface area contributed by atoms with Gasteiger partial charge in [-0.25, -0.2) is 4.39 Å². The predicted octanol–water partition coefficient (Wildman–Crippen LogP) is 2.47. The van der Waals surface area contributed by atoms with Crippen LogP contribution in [0, 0.1) is 5.82 Å². The molecule has 0 bridgehead atoms. The molecule has 0 aliphatic carbocycles. The van der Waals surface area contributed by atoms with E-state index >= 15 is 0 Å². The number of methoxy groups -OCH3 is 1. The summed E-state index contributed by atoms with van der Waals surface area (Å²) >= 11 is 0. The van der Waals surface area contributed by atoms with Gasteiger partial charge in [0, 0.05) is 6.54 Å². The predicted molar refractivity (Wildman–Crippen MR) is 79.6 cm³/mol. The molecule has 2 rings (SSSR count). The Morgan fingerprint density at radius 1 is 1.29 bits per heavy atom. The topological polar surface area (TPSA) is 64.3 Å². The monoisotopic (exact) mass is 288 g/mol. The number of nitrogens with one attached hydrogen (secondary N) is 1. The molecule has 0 heterocycles. The summed E-state index contributed by atoms with van der Waals surface area (Å²) in [5, 5.41) is 2.72. The normalized spacial score (nSPS) is 10.2. The Morgan fingerprint density at radius 2 is 2.05 bits per heavy atom. The van der Waals surface area contributed by atoms with E-state index in [0.29, 0.717) is 23.5 Å². The maximum Gasteiger partial charge on any atom is 0.229 e. The lowest BCUT2D eigenvalue weighted by Crippen LogP contribution is -2.16. The highest BCUT2D eigenvalue weighted by Crippen LogP contribution is 2.25. The molecule has 110 valence electrons. The van der Waals surface area contributed by atoms with Crippen LogP contribution >= 0.6 is 0 Å². The van der Waals surface area contributed by atoms with Crippen molar-refractivity contribution in [1.82, 2.24) is 0 Å². The largest absolute Gasteiger partial charge is 0.495 e. The third-order valence-electron chi connectivity index (χ3n) is 3.08. The summed E-state index contributed by atoms with van der Waals surface area (Å²) in [6.07, 6.45) is -0.0333. The molecule has 0 spiro atoms. The molecule has 0 saturated heterocycles. The minimum atomic E-state index is -0.391. The maximum absolute atomic E-state index is 13.5. The number of anilines is 1. The maximum atomic E-state index is 13.5. The molecule has 0 aliphatic rings. The van der Waals surface area contributed by atoms with Gasteiger partial charge in [-0.3, -0.25) is 4.79 Å². The molecular formula is C16H17FN2O2. The zero-order chi connectivity index (χ0) is 15.2. The molecule has 0 aliphatic heterocycles. The van der Waals surface area contributed by atoms with Crippen molar-refractivity contribution in [3.63, 3.8) is 0 Å². The van der Waals surface area contributed by atoms with Gasteiger partial charge in [-0.1, -0.05) is 24.3 Å². The molecule has 0 fully saturated rings. The van der Waals surface area contributed by atoms with Crippen LogP contribution in [0.1, 0.15) is 11.1 Å². The number of halogens is 1. The van der Waals surface area contributed by atoms with E-state index in [1.165, 1.54) is 13.2 Å². The van der Waals surface area contributed by atoms with Crippen molar-refractivity contribution >= 4 is 11.6 Å². The summed E-state index contributed by atoms with van der Waals surface area (Å²) in [5.74, 6) is -0.170. The van der Waals surface area contributed by atoms with Crippen LogP contribution in [0.5, 0.6) is 5.75 Å². The molecule has 0 atom stereocenters. The van der Waals surface area contributed by atoms with Crippen LogP contribution in [-0.4, -0.2) is 13.0 Å². The van der Waals surface area contributed by atoms with E-state index in [-0.39, 0.29) is 12.3 Å². The van der Waals surface area contributed by atoms with Gasteiger partial charge in [0.25, 0.3) is 0 Å². The summed E-state index contributed by atoms with van der Waals surface area (Å²) < 4.78 is 18.7. The van der Waals surface area contributed by atoms with Gasteiger partial charge in [-0.15, -0.1) is 0 Å². The second-order valence-corrected chi connectivity index (χ2v) is 4.56. The molecule has 0 aromatic heterocycles. The lowest BCUT2D eigenvalue weighted by Gasteiger charge is -2.11. The van der Waals surface area contributed by atoms with Gasteiger partial charge >= 0.3 is 0 Å². The number of amides is 1. The van der Waals surface area contributed by atoms with Crippen molar-refractivity contribution in [2.24, 2.45) is 5.73 Å². The van der Waals surface area contributed by atoms with Crippen LogP contribution in [0.4, 0.5) is 10.1 Å². The van der Waals surface area contributed by atoms with Crippen molar-refractivity contribution in [1.29, 1.82) is 0 Å². The Hall–Kier alpha value is -2.40. The third kappa shape index (κ3) is 3.79. The minimum Gasteiger partial charge on any atom is -0.495 e. The number of hydrogen-bond donors (Lipinski definition) is 2. The number of nitrogens with two attached hydrogens (primary N) is 1. The minimum absolute atomic E-state index is 0.0333. The zero-order valence-corrected chi connectivity index (χ0v) is 11.7. The lowest BCUT2D eigenvalue weighted by atomic mass is 10.1. The SMILES string of the molecule is COc1cc(CN)ccc1NC(=O)Cc1ccccc1F. The van der Waals surface area contributed by atoms with E-state index in [0.717, 1.165) is 5.56 Å². The van der Waals surface area contributed by atoms with Crippen molar-refractivity contribution < 1.29 is 13.9 Å². The average Bonchev–Trinajstić information content (AvgIpc) is 2.50. The van der Waals surface area contributed by atoms with Gasteiger partial charge in [0.05, 0.1) is 19.2 Å². The highest BCUT2D eigenvalue weighted by atomic mass is 19.1. The first kappa shape index (κ1) is 15.0. The molecule has 0 saturated carbocycles. The third-order valence-corrected chi connectivity index (χ3v) is 3.08. The highest BCUT2D eigenvalue weighted by molar-refractivity contribution is 5.93. The standard InChI is InChI=1S/C16H17FN2O2/c1-21-15-8-11(10-18)6-7-14(15)19-16(20)9-12-4-2-3-5-13(12)17/h2-8H,9-10,18H2,1H3,(H,19,20). The molecule has 0 unspecified atom stereocenters. The first-order valence-corrected chi connectivity index (χ1v) is 6.54. The molecule has 4 nitrogen and oxygen atoms in total. The molecule has 0 radical (unpaired) electrons. The van der Waals surface area contributed by atoms with Crippen LogP contribution in [0.25, 0.3) is 0 Å². The number of ether oxygens (including phenoxy) is 1. The Labute approximate surface area is 122 Å². The van der Waals surface area contributed by atoms with E-state index in [1.807, 2.05) is 0 Å². The van der Waals surface area contributed by atoms with Crippen LogP contribution in [0.2, 0.25) is 0 Å². The number of benzene rings is 2. The van der Waals surface area contributed by atoms with Crippen molar-refractivity contribution in [3.8, 4) is 5.75 Å². The molecule has 3 N–H and O–H groups in total. The number of rotatable bonds is 5. The molecule has 2 aromatic rings. The second-order valence-electron chi connectivity index (χ2n) is 4.56. The van der Waals surface area contributed by atoms with Crippen LogP contribution in [0.3, 0.4) is 0 Å². The molecular weight excluding hydrogens is 271 g/mol. The Bertz CT molecular complexity index is 644. The second kappa shape index (κ2) is 6.85. The summed E-state index contributed by atoms with van der Waals surface area (Å²) in [7, 11) is 1.52. The summed E-state index contributed by atoms with van der Waals surface area (Å²) in [4.78, 5) is 12.0. The van der Waals surface area contributed by atoms with Gasteiger partial charge in [0.2, 0.25) is 5.91 Å². The first-order chi connectivity index (χ1) is 10.1. The van der Waals surface area contributed by atoms with Crippen molar-refractivity contribution in [3.05, 3.63) is 59.4 Å². The fourth-order valence-corrected chi connectivity index (χ4v) is 1.98. The van der Waals surface area contributed by atoms with E-state index in [4.69, 9.17) is 10.5 Å². The smallest absolute Gasteiger partial charge is 0.229 e. The van der Waals surface area contributed by atoms with Gasteiger partial charge in [-0.05, 0) is 29.3 Å². The van der Waals surface area contributed by atoms with Gasteiger partial charge < -0.3 is 15.8 Å². The van der Waals surface area contributed by atoms with Crippen LogP contribution in [-0.2, 0) is 17.8 Å². The molecule has 21 heavy (non-hydrogen) atoms.